The molecule has 1 aliphatic carbocycles. The molecule has 1 aliphatic heterocycles. The van der Waals surface area contributed by atoms with Crippen LogP contribution in [0.2, 0.25) is 0 Å². The molecule has 0 atom stereocenters. The van der Waals surface area contributed by atoms with Gasteiger partial charge in [0.05, 0.1) is 27.9 Å². The molecule has 0 saturated heterocycles. The highest BCUT2D eigenvalue weighted by Gasteiger charge is 2.28. The van der Waals surface area contributed by atoms with Crippen LogP contribution in [0, 0.1) is 41.5 Å². The van der Waals surface area contributed by atoms with Crippen LogP contribution in [0.1, 0.15) is 64.5 Å². The number of hydrogen-bond acceptors (Lipinski definition) is 10. The lowest BCUT2D eigenvalue weighted by Crippen LogP contribution is -2.18. The van der Waals surface area contributed by atoms with Crippen LogP contribution in [-0.2, 0) is 20.2 Å². The minimum atomic E-state index is -4.83. The van der Waals surface area contributed by atoms with Gasteiger partial charge >= 0.3 is 5.97 Å². The molecule has 1 heterocycles. The van der Waals surface area contributed by atoms with Crippen LogP contribution < -0.4 is 21.3 Å². The van der Waals surface area contributed by atoms with Crippen LogP contribution in [0.3, 0.4) is 0 Å². The maximum Gasteiger partial charge on any atom is 0.336 e. The summed E-state index contributed by atoms with van der Waals surface area (Å²) in [6.07, 6.45) is 0. The minimum Gasteiger partial charge on any atom is -0.478 e. The minimum absolute atomic E-state index is 0.00587. The normalized spacial score (nSPS) is 12.0. The zero-order valence-electron chi connectivity index (χ0n) is 37.9. The summed E-state index contributed by atoms with van der Waals surface area (Å²) in [6.45, 7) is 10.2. The van der Waals surface area contributed by atoms with Crippen molar-refractivity contribution in [1.82, 2.24) is 0 Å². The molecule has 17 heteroatoms. The summed E-state index contributed by atoms with van der Waals surface area (Å²) in [5.41, 5.74) is 6.19. The third-order valence-electron chi connectivity index (χ3n) is 11.9. The SMILES string of the molecule is Cc1cc(C)c(Nc2ccc3c(-c4ccccc4S(=O)(=O)O)c4cc/c(=N\c5c(C)c(NC(=O)c6ccccc6)c(C)c(S(=O)(=O)O)c5C)cc-4oc3c2)c(C)c1NC(=O)c1ccccc1C(=O)O. The molecule has 2 amide bonds. The summed E-state index contributed by atoms with van der Waals surface area (Å²) in [6, 6.07) is 32.1. The van der Waals surface area contributed by atoms with Gasteiger partial charge in [-0.2, -0.15) is 16.8 Å². The fraction of sp³-hybridized carbons (Fsp3) is 0.115. The van der Waals surface area contributed by atoms with Gasteiger partial charge in [-0.3, -0.25) is 18.7 Å². The van der Waals surface area contributed by atoms with Crippen molar-refractivity contribution in [1.29, 1.82) is 0 Å². The lowest BCUT2D eigenvalue weighted by atomic mass is 9.93. The second-order valence-electron chi connectivity index (χ2n) is 16.5. The van der Waals surface area contributed by atoms with Crippen molar-refractivity contribution in [2.24, 2.45) is 4.99 Å². The third-order valence-corrected chi connectivity index (χ3v) is 14.0. The van der Waals surface area contributed by atoms with E-state index in [1.54, 1.807) is 91.9 Å². The largest absolute Gasteiger partial charge is 0.478 e. The quantitative estimate of drug-likeness (QED) is 0.0524. The molecule has 2 aliphatic rings. The first kappa shape index (κ1) is 47.5. The standard InChI is InChI=1S/C52H44N4O11S2/c1-27-24-28(2)46(55-51(58)36-16-10-11-17-37(36)52(59)60)29(3)45(27)53-34-20-22-38-41(25-34)67-42-26-35(21-23-39(42)44(38)40-18-12-13-19-43(40)68(61,62)63)54-47-30(4)48(32(6)49(31(47)5)69(64,65)66)56-50(57)33-14-8-7-9-15-33/h7-26,53H,1-6H3,(H,55,58)(H,56,57)(H,59,60)(H,61,62,63)(H,64,65,66)/b54-35+. The molecule has 0 radical (unpaired) electrons. The molecule has 0 spiro atoms. The summed E-state index contributed by atoms with van der Waals surface area (Å²) >= 11 is 0. The smallest absolute Gasteiger partial charge is 0.336 e. The molecule has 350 valence electrons. The number of carbonyl (C=O) groups excluding carboxylic acids is 2. The topological polar surface area (TPSA) is 242 Å². The van der Waals surface area contributed by atoms with Gasteiger partial charge in [0.1, 0.15) is 21.1 Å². The average molecular weight is 965 g/mol. The summed E-state index contributed by atoms with van der Waals surface area (Å²) in [5, 5.41) is 19.6. The number of rotatable bonds is 11. The van der Waals surface area contributed by atoms with Gasteiger partial charge in [0.15, 0.2) is 0 Å². The fourth-order valence-corrected chi connectivity index (χ4v) is 10.5. The number of aryl methyl sites for hydroxylation is 2. The van der Waals surface area contributed by atoms with Gasteiger partial charge in [-0.25, -0.2) is 9.79 Å². The number of aromatic carboxylic acids is 1. The Morgan fingerprint density at radius 2 is 1.22 bits per heavy atom. The molecule has 0 bridgehead atoms. The molecule has 6 aromatic rings. The van der Waals surface area contributed by atoms with Crippen LogP contribution in [0.15, 0.2) is 141 Å². The van der Waals surface area contributed by atoms with E-state index in [1.165, 1.54) is 44.2 Å². The van der Waals surface area contributed by atoms with Crippen molar-refractivity contribution >= 4 is 77.4 Å². The lowest BCUT2D eigenvalue weighted by molar-refractivity contribution is 0.0692. The van der Waals surface area contributed by atoms with Gasteiger partial charge in [-0.15, -0.1) is 0 Å². The number of anilines is 4. The second-order valence-corrected chi connectivity index (χ2v) is 19.2. The van der Waals surface area contributed by atoms with E-state index >= 15 is 0 Å². The van der Waals surface area contributed by atoms with Gasteiger partial charge < -0.3 is 25.5 Å². The molecule has 15 nitrogen and oxygen atoms in total. The van der Waals surface area contributed by atoms with E-state index in [2.05, 4.69) is 16.0 Å². The highest BCUT2D eigenvalue weighted by Crippen LogP contribution is 2.44. The summed E-state index contributed by atoms with van der Waals surface area (Å²) in [4.78, 5) is 42.9. The fourth-order valence-electron chi connectivity index (χ4n) is 8.81. The van der Waals surface area contributed by atoms with Crippen LogP contribution in [-0.4, -0.2) is 48.8 Å². The molecular formula is C52H44N4O11S2. The number of benzene rings is 7. The average Bonchev–Trinajstić information content (AvgIpc) is 3.30. The van der Waals surface area contributed by atoms with E-state index in [4.69, 9.17) is 9.41 Å². The first-order valence-electron chi connectivity index (χ1n) is 21.3. The first-order valence-corrected chi connectivity index (χ1v) is 24.1. The Kier molecular flexibility index (Phi) is 12.6. The van der Waals surface area contributed by atoms with Crippen LogP contribution in [0.5, 0.6) is 0 Å². The van der Waals surface area contributed by atoms with Gasteiger partial charge in [0, 0.05) is 56.8 Å². The molecule has 6 aromatic carbocycles. The number of nitrogens with zero attached hydrogens (tertiary/aromatic N) is 1. The van der Waals surface area contributed by atoms with E-state index < -0.39 is 42.9 Å². The van der Waals surface area contributed by atoms with Crippen LogP contribution in [0.4, 0.5) is 28.4 Å². The van der Waals surface area contributed by atoms with E-state index in [1.807, 2.05) is 26.8 Å². The van der Waals surface area contributed by atoms with Crippen LogP contribution >= 0.6 is 0 Å². The number of nitrogens with one attached hydrogen (secondary N) is 3. The van der Waals surface area contributed by atoms with Crippen LogP contribution in [0.25, 0.3) is 33.4 Å². The Bertz CT molecular complexity index is 3740. The van der Waals surface area contributed by atoms with Crippen molar-refractivity contribution in [3.8, 4) is 22.5 Å². The molecule has 69 heavy (non-hydrogen) atoms. The molecule has 6 N–H and O–H groups in total. The predicted octanol–water partition coefficient (Wildman–Crippen LogP) is 10.7. The van der Waals surface area contributed by atoms with Gasteiger partial charge in [-0.1, -0.05) is 54.6 Å². The van der Waals surface area contributed by atoms with Crippen molar-refractivity contribution in [2.75, 3.05) is 16.0 Å². The highest BCUT2D eigenvalue weighted by atomic mass is 32.2. The summed E-state index contributed by atoms with van der Waals surface area (Å²) in [7, 11) is -9.58. The zero-order valence-corrected chi connectivity index (χ0v) is 39.6. The number of carboxylic acids is 1. The number of carbonyl (C=O) groups is 3. The molecule has 8 rings (SSSR count). The van der Waals surface area contributed by atoms with Crippen molar-refractivity contribution < 1.29 is 49.8 Å². The third kappa shape index (κ3) is 9.23. The second kappa shape index (κ2) is 18.3. The Morgan fingerprint density at radius 1 is 0.580 bits per heavy atom. The van der Waals surface area contributed by atoms with E-state index in [0.29, 0.717) is 50.3 Å². The van der Waals surface area contributed by atoms with Crippen molar-refractivity contribution in [3.63, 3.8) is 0 Å². The maximum atomic E-state index is 13.5. The number of fused-ring (bicyclic) bond motifs is 2. The monoisotopic (exact) mass is 964 g/mol. The Hall–Kier alpha value is -7.96. The highest BCUT2D eigenvalue weighted by molar-refractivity contribution is 7.86. The molecule has 0 unspecified atom stereocenters. The number of hydrogen-bond donors (Lipinski definition) is 6. The van der Waals surface area contributed by atoms with E-state index in [0.717, 1.165) is 11.1 Å². The van der Waals surface area contributed by atoms with Crippen molar-refractivity contribution in [2.45, 2.75) is 51.3 Å². The summed E-state index contributed by atoms with van der Waals surface area (Å²) < 4.78 is 79.0. The Labute approximate surface area is 397 Å². The maximum absolute atomic E-state index is 13.5. The number of carboxylic acid groups (broad SMARTS) is 1. The van der Waals surface area contributed by atoms with E-state index in [9.17, 15) is 45.4 Å². The van der Waals surface area contributed by atoms with E-state index in [-0.39, 0.29) is 60.8 Å². The molecular weight excluding hydrogens is 921 g/mol. The Balaban J connectivity index is 1.29. The number of amides is 2. The van der Waals surface area contributed by atoms with Gasteiger partial charge in [0.2, 0.25) is 0 Å². The predicted molar refractivity (Wildman–Crippen MR) is 263 cm³/mol. The van der Waals surface area contributed by atoms with Crippen molar-refractivity contribution in [3.05, 3.63) is 177 Å². The molecule has 0 fully saturated rings. The zero-order chi connectivity index (χ0) is 49.7. The lowest BCUT2D eigenvalue weighted by Gasteiger charge is -2.21. The Morgan fingerprint density at radius 3 is 1.90 bits per heavy atom. The molecule has 0 aromatic heterocycles. The van der Waals surface area contributed by atoms with Gasteiger partial charge in [0.25, 0.3) is 32.1 Å². The summed E-state index contributed by atoms with van der Waals surface area (Å²) in [5.74, 6) is -2.14. The van der Waals surface area contributed by atoms with Gasteiger partial charge in [-0.05, 0) is 130 Å². The first-order chi connectivity index (χ1) is 32.6. The molecule has 0 saturated carbocycles.